The number of nitrogens with one attached hydrogen (secondary N) is 2. The molecule has 7 heteroatoms. The van der Waals surface area contributed by atoms with Crippen LogP contribution < -0.4 is 24.8 Å². The number of carbonyl (C=O) groups is 1. The van der Waals surface area contributed by atoms with Crippen LogP contribution >= 0.6 is 0 Å². The number of fused-ring (bicyclic) bond motifs is 1. The maximum atomic E-state index is 12.6. The SMILES string of the molecule is COc1cc2nccc(Oc3ccc(NC(=O)NC4CC(C)CC(C)(C)C4)cc3)c2cc1OC. The second-order valence-corrected chi connectivity index (χ2v) is 9.87. The third kappa shape index (κ3) is 5.53. The Hall–Kier alpha value is -3.48. The van der Waals surface area contributed by atoms with E-state index in [2.05, 4.69) is 36.4 Å². The molecule has 2 aromatic carbocycles. The summed E-state index contributed by atoms with van der Waals surface area (Å²) < 4.78 is 16.9. The molecule has 7 nitrogen and oxygen atoms in total. The molecule has 1 fully saturated rings. The molecule has 0 saturated heterocycles. The van der Waals surface area contributed by atoms with Gasteiger partial charge in [0, 0.05) is 29.4 Å². The van der Waals surface area contributed by atoms with Crippen LogP contribution in [-0.2, 0) is 0 Å². The Balaban J connectivity index is 1.42. The minimum atomic E-state index is -0.176. The van der Waals surface area contributed by atoms with Crippen LogP contribution in [0.3, 0.4) is 0 Å². The van der Waals surface area contributed by atoms with Gasteiger partial charge in [0.2, 0.25) is 0 Å². The first kappa shape index (κ1) is 23.7. The van der Waals surface area contributed by atoms with E-state index < -0.39 is 0 Å². The van der Waals surface area contributed by atoms with Crippen molar-refractivity contribution in [3.05, 3.63) is 48.7 Å². The lowest BCUT2D eigenvalue weighted by Gasteiger charge is -2.39. The highest BCUT2D eigenvalue weighted by Gasteiger charge is 2.32. The Bertz CT molecular complexity index is 1160. The molecule has 180 valence electrons. The zero-order valence-corrected chi connectivity index (χ0v) is 20.5. The molecule has 0 spiro atoms. The zero-order valence-electron chi connectivity index (χ0n) is 20.5. The van der Waals surface area contributed by atoms with Crippen molar-refractivity contribution in [1.82, 2.24) is 10.3 Å². The number of carbonyl (C=O) groups excluding carboxylic acids is 1. The normalized spacial score (nSPS) is 19.3. The van der Waals surface area contributed by atoms with Crippen molar-refractivity contribution in [3.8, 4) is 23.0 Å². The van der Waals surface area contributed by atoms with Gasteiger partial charge in [-0.2, -0.15) is 0 Å². The fourth-order valence-corrected chi connectivity index (χ4v) is 5.08. The summed E-state index contributed by atoms with van der Waals surface area (Å²) in [5.41, 5.74) is 1.70. The van der Waals surface area contributed by atoms with E-state index in [-0.39, 0.29) is 17.5 Å². The number of methoxy groups -OCH3 is 2. The fraction of sp³-hybridized carbons (Fsp3) is 0.407. The molecule has 3 aromatic rings. The first-order valence-electron chi connectivity index (χ1n) is 11.6. The summed E-state index contributed by atoms with van der Waals surface area (Å²) in [6.07, 6.45) is 4.90. The second kappa shape index (κ2) is 9.79. The third-order valence-corrected chi connectivity index (χ3v) is 6.27. The van der Waals surface area contributed by atoms with E-state index in [1.54, 1.807) is 26.5 Å². The molecule has 0 bridgehead atoms. The van der Waals surface area contributed by atoms with Gasteiger partial charge in [-0.3, -0.25) is 4.98 Å². The first-order valence-corrected chi connectivity index (χ1v) is 11.6. The van der Waals surface area contributed by atoms with Crippen molar-refractivity contribution >= 4 is 22.6 Å². The summed E-state index contributed by atoms with van der Waals surface area (Å²) in [5.74, 6) is 3.12. The number of ether oxygens (including phenoxy) is 3. The van der Waals surface area contributed by atoms with Gasteiger partial charge in [0.1, 0.15) is 11.5 Å². The van der Waals surface area contributed by atoms with Crippen LogP contribution in [0.5, 0.6) is 23.0 Å². The van der Waals surface area contributed by atoms with Crippen LogP contribution in [-0.4, -0.2) is 31.3 Å². The maximum Gasteiger partial charge on any atom is 0.319 e. The van der Waals surface area contributed by atoms with Crippen molar-refractivity contribution in [2.75, 3.05) is 19.5 Å². The molecule has 1 aliphatic carbocycles. The van der Waals surface area contributed by atoms with Gasteiger partial charge in [-0.05, 0) is 67.0 Å². The molecule has 4 rings (SSSR count). The molecule has 34 heavy (non-hydrogen) atoms. The van der Waals surface area contributed by atoms with Gasteiger partial charge in [-0.15, -0.1) is 0 Å². The average Bonchev–Trinajstić information content (AvgIpc) is 2.78. The van der Waals surface area contributed by atoms with Crippen molar-refractivity contribution < 1.29 is 19.0 Å². The molecule has 0 aliphatic heterocycles. The molecule has 2 N–H and O–H groups in total. The Morgan fingerprint density at radius 3 is 2.38 bits per heavy atom. The number of anilines is 1. The predicted octanol–water partition coefficient (Wildman–Crippen LogP) is 6.38. The maximum absolute atomic E-state index is 12.6. The van der Waals surface area contributed by atoms with E-state index in [0.717, 1.165) is 23.7 Å². The summed E-state index contributed by atoms with van der Waals surface area (Å²) in [6.45, 7) is 6.80. The summed E-state index contributed by atoms with van der Waals surface area (Å²) in [7, 11) is 3.19. The number of aromatic nitrogens is 1. The highest BCUT2D eigenvalue weighted by Crippen LogP contribution is 2.39. The van der Waals surface area contributed by atoms with Crippen molar-refractivity contribution in [3.63, 3.8) is 0 Å². The van der Waals surface area contributed by atoms with Crippen LogP contribution in [0.15, 0.2) is 48.7 Å². The van der Waals surface area contributed by atoms with E-state index in [9.17, 15) is 4.79 Å². The molecular formula is C27H33N3O4. The molecule has 2 atom stereocenters. The van der Waals surface area contributed by atoms with Gasteiger partial charge in [0.25, 0.3) is 0 Å². The van der Waals surface area contributed by atoms with Crippen LogP contribution in [0, 0.1) is 11.3 Å². The number of pyridine rings is 1. The molecule has 2 amide bonds. The smallest absolute Gasteiger partial charge is 0.319 e. The standard InChI is InChI=1S/C27H33N3O4/c1-17-12-19(16-27(2,3)15-17)30-26(31)29-18-6-8-20(9-7-18)34-23-10-11-28-22-14-25(33-5)24(32-4)13-21(22)23/h6-11,13-14,17,19H,12,15-16H2,1-5H3,(H2,29,30,31). The van der Waals surface area contributed by atoms with E-state index in [1.807, 2.05) is 36.4 Å². The lowest BCUT2D eigenvalue weighted by atomic mass is 9.71. The zero-order chi connectivity index (χ0) is 24.3. The number of hydrogen-bond donors (Lipinski definition) is 2. The predicted molar refractivity (Wildman–Crippen MR) is 134 cm³/mol. The fourth-order valence-electron chi connectivity index (χ4n) is 5.08. The van der Waals surface area contributed by atoms with Crippen molar-refractivity contribution in [1.29, 1.82) is 0 Å². The third-order valence-electron chi connectivity index (χ3n) is 6.27. The lowest BCUT2D eigenvalue weighted by Crippen LogP contribution is -2.44. The summed E-state index contributed by atoms with van der Waals surface area (Å²) in [6, 6.07) is 12.8. The van der Waals surface area contributed by atoms with E-state index in [4.69, 9.17) is 14.2 Å². The van der Waals surface area contributed by atoms with Crippen LogP contribution in [0.4, 0.5) is 10.5 Å². The lowest BCUT2D eigenvalue weighted by molar-refractivity contribution is 0.154. The minimum Gasteiger partial charge on any atom is -0.493 e. The van der Waals surface area contributed by atoms with Crippen molar-refractivity contribution in [2.45, 2.75) is 46.1 Å². The topological polar surface area (TPSA) is 81.7 Å². The number of urea groups is 1. The quantitative estimate of drug-likeness (QED) is 0.443. The van der Waals surface area contributed by atoms with Gasteiger partial charge >= 0.3 is 6.03 Å². The molecular weight excluding hydrogens is 430 g/mol. The molecule has 1 saturated carbocycles. The minimum absolute atomic E-state index is 0.176. The highest BCUT2D eigenvalue weighted by atomic mass is 16.5. The molecule has 1 heterocycles. The summed E-state index contributed by atoms with van der Waals surface area (Å²) in [4.78, 5) is 17.0. The van der Waals surface area contributed by atoms with Crippen LogP contribution in [0.25, 0.3) is 10.9 Å². The van der Waals surface area contributed by atoms with Gasteiger partial charge in [-0.1, -0.05) is 20.8 Å². The first-order chi connectivity index (χ1) is 16.3. The monoisotopic (exact) mass is 463 g/mol. The molecule has 0 radical (unpaired) electrons. The van der Waals surface area contributed by atoms with Gasteiger partial charge in [0.05, 0.1) is 19.7 Å². The number of nitrogens with zero attached hydrogens (tertiary/aromatic N) is 1. The van der Waals surface area contributed by atoms with Crippen molar-refractivity contribution in [2.24, 2.45) is 11.3 Å². The molecule has 1 aromatic heterocycles. The largest absolute Gasteiger partial charge is 0.493 e. The highest BCUT2D eigenvalue weighted by molar-refractivity contribution is 5.90. The summed E-state index contributed by atoms with van der Waals surface area (Å²) in [5, 5.41) is 6.88. The van der Waals surface area contributed by atoms with Crippen LogP contribution in [0.2, 0.25) is 0 Å². The number of rotatable bonds is 6. The van der Waals surface area contributed by atoms with E-state index in [1.165, 1.54) is 6.42 Å². The van der Waals surface area contributed by atoms with Gasteiger partial charge < -0.3 is 24.8 Å². The van der Waals surface area contributed by atoms with Crippen LogP contribution in [0.1, 0.15) is 40.0 Å². The van der Waals surface area contributed by atoms with E-state index >= 15 is 0 Å². The van der Waals surface area contributed by atoms with Gasteiger partial charge in [0.15, 0.2) is 11.5 Å². The number of amides is 2. The average molecular weight is 464 g/mol. The Kier molecular flexibility index (Phi) is 6.82. The Morgan fingerprint density at radius 1 is 1.00 bits per heavy atom. The Morgan fingerprint density at radius 2 is 1.71 bits per heavy atom. The Labute approximate surface area is 200 Å². The number of benzene rings is 2. The second-order valence-electron chi connectivity index (χ2n) is 9.87. The molecule has 2 unspecified atom stereocenters. The molecule has 1 aliphatic rings. The summed E-state index contributed by atoms with van der Waals surface area (Å²) >= 11 is 0. The van der Waals surface area contributed by atoms with E-state index in [0.29, 0.717) is 34.6 Å². The number of hydrogen-bond acceptors (Lipinski definition) is 5. The van der Waals surface area contributed by atoms with Gasteiger partial charge in [-0.25, -0.2) is 4.79 Å².